The van der Waals surface area contributed by atoms with Gasteiger partial charge in [0.15, 0.2) is 0 Å². The van der Waals surface area contributed by atoms with Crippen molar-refractivity contribution in [2.24, 2.45) is 5.10 Å². The smallest absolute Gasteiger partial charge is 0.276 e. The fraction of sp³-hybridized carbons (Fsp3) is 0.0500. The van der Waals surface area contributed by atoms with Crippen molar-refractivity contribution in [1.82, 2.24) is 9.99 Å². The van der Waals surface area contributed by atoms with Crippen molar-refractivity contribution in [2.45, 2.75) is 6.54 Å². The first-order chi connectivity index (χ1) is 13.0. The summed E-state index contributed by atoms with van der Waals surface area (Å²) in [6, 6.07) is 17.3. The molecule has 3 rings (SSSR count). The number of hydrazone groups is 1. The van der Waals surface area contributed by atoms with Gasteiger partial charge in [0.25, 0.3) is 11.5 Å². The molecule has 27 heavy (non-hydrogen) atoms. The van der Waals surface area contributed by atoms with Gasteiger partial charge in [-0.15, -0.1) is 0 Å². The highest BCUT2D eigenvalue weighted by molar-refractivity contribution is 6.30. The van der Waals surface area contributed by atoms with Gasteiger partial charge in [0.05, 0.1) is 12.8 Å². The highest BCUT2D eigenvalue weighted by atomic mass is 35.5. The summed E-state index contributed by atoms with van der Waals surface area (Å²) in [5.41, 5.74) is 3.66. The van der Waals surface area contributed by atoms with Gasteiger partial charge in [-0.1, -0.05) is 47.5 Å². The second kappa shape index (κ2) is 8.66. The van der Waals surface area contributed by atoms with Crippen LogP contribution in [0.4, 0.5) is 0 Å². The van der Waals surface area contributed by atoms with Gasteiger partial charge >= 0.3 is 0 Å². The first-order valence-electron chi connectivity index (χ1n) is 8.06. The molecule has 3 aromatic rings. The van der Waals surface area contributed by atoms with Crippen molar-refractivity contribution in [3.8, 4) is 0 Å². The Labute approximate surface area is 165 Å². The SMILES string of the molecule is O=C(N/N=C\c1ccc(Cl)cc1)c1cccn(Cc2ccc(Cl)cc2)c1=O. The summed E-state index contributed by atoms with van der Waals surface area (Å²) < 4.78 is 1.46. The normalized spacial score (nSPS) is 10.9. The Kier molecular flexibility index (Phi) is 6.06. The number of pyridine rings is 1. The average molecular weight is 400 g/mol. The number of carbonyl (C=O) groups excluding carboxylic acids is 1. The standard InChI is InChI=1S/C20H15Cl2N3O2/c21-16-7-3-14(4-8-16)12-23-24-19(26)18-2-1-11-25(20(18)27)13-15-5-9-17(22)10-6-15/h1-12H,13H2,(H,24,26)/b23-12-. The Morgan fingerprint density at radius 3 is 2.30 bits per heavy atom. The lowest BCUT2D eigenvalue weighted by molar-refractivity contribution is 0.0953. The molecule has 0 radical (unpaired) electrons. The molecule has 0 spiro atoms. The van der Waals surface area contributed by atoms with Gasteiger partial charge in [0.1, 0.15) is 5.56 Å². The van der Waals surface area contributed by atoms with Crippen LogP contribution in [0.3, 0.4) is 0 Å². The average Bonchev–Trinajstić information content (AvgIpc) is 2.66. The number of nitrogens with one attached hydrogen (secondary N) is 1. The van der Waals surface area contributed by atoms with Crippen molar-refractivity contribution in [3.63, 3.8) is 0 Å². The first kappa shape index (κ1) is 18.9. The van der Waals surface area contributed by atoms with Crippen molar-refractivity contribution in [3.05, 3.63) is 104 Å². The summed E-state index contributed by atoms with van der Waals surface area (Å²) >= 11 is 11.7. The number of hydrogen-bond donors (Lipinski definition) is 1. The van der Waals surface area contributed by atoms with Crippen LogP contribution < -0.4 is 11.0 Å². The van der Waals surface area contributed by atoms with Crippen molar-refractivity contribution in [1.29, 1.82) is 0 Å². The molecule has 0 aliphatic heterocycles. The maximum atomic E-state index is 12.6. The molecule has 0 atom stereocenters. The van der Waals surface area contributed by atoms with Crippen LogP contribution >= 0.6 is 23.2 Å². The number of halogens is 2. The minimum Gasteiger partial charge on any atom is -0.310 e. The number of aromatic nitrogens is 1. The first-order valence-corrected chi connectivity index (χ1v) is 8.81. The van der Waals surface area contributed by atoms with E-state index in [-0.39, 0.29) is 5.56 Å². The van der Waals surface area contributed by atoms with Gasteiger partial charge in [0, 0.05) is 16.2 Å². The molecule has 0 aliphatic carbocycles. The summed E-state index contributed by atoms with van der Waals surface area (Å²) in [4.78, 5) is 24.8. The largest absolute Gasteiger partial charge is 0.310 e. The summed E-state index contributed by atoms with van der Waals surface area (Å²) in [6.45, 7) is 0.338. The zero-order valence-corrected chi connectivity index (χ0v) is 15.6. The van der Waals surface area contributed by atoms with Crippen LogP contribution in [-0.4, -0.2) is 16.7 Å². The number of hydrogen-bond acceptors (Lipinski definition) is 3. The third kappa shape index (κ3) is 5.06. The Morgan fingerprint density at radius 1 is 1.00 bits per heavy atom. The molecular formula is C20H15Cl2N3O2. The van der Waals surface area contributed by atoms with E-state index in [0.29, 0.717) is 16.6 Å². The minimum atomic E-state index is -0.573. The van der Waals surface area contributed by atoms with Gasteiger partial charge in [-0.25, -0.2) is 5.43 Å². The van der Waals surface area contributed by atoms with Crippen LogP contribution in [0.25, 0.3) is 0 Å². The molecule has 0 unspecified atom stereocenters. The molecule has 2 aromatic carbocycles. The fourth-order valence-electron chi connectivity index (χ4n) is 2.40. The van der Waals surface area contributed by atoms with Crippen LogP contribution in [0.2, 0.25) is 10.0 Å². The monoisotopic (exact) mass is 399 g/mol. The maximum Gasteiger partial charge on any atom is 0.276 e. The van der Waals surface area contributed by atoms with Gasteiger partial charge in [-0.2, -0.15) is 5.10 Å². The lowest BCUT2D eigenvalue weighted by Gasteiger charge is -2.08. The number of carbonyl (C=O) groups is 1. The van der Waals surface area contributed by atoms with Crippen LogP contribution in [0.15, 0.2) is 76.8 Å². The minimum absolute atomic E-state index is 0.0136. The molecule has 1 heterocycles. The molecule has 7 heteroatoms. The maximum absolute atomic E-state index is 12.6. The third-order valence-corrected chi connectivity index (χ3v) is 4.28. The Balaban J connectivity index is 1.72. The van der Waals surface area contributed by atoms with E-state index in [9.17, 15) is 9.59 Å². The molecule has 0 aliphatic rings. The van der Waals surface area contributed by atoms with E-state index in [1.54, 1.807) is 48.7 Å². The third-order valence-electron chi connectivity index (χ3n) is 3.78. The fourth-order valence-corrected chi connectivity index (χ4v) is 2.65. The van der Waals surface area contributed by atoms with E-state index in [1.165, 1.54) is 16.8 Å². The van der Waals surface area contributed by atoms with Crippen LogP contribution in [0, 0.1) is 0 Å². The molecular weight excluding hydrogens is 385 g/mol. The highest BCUT2D eigenvalue weighted by Gasteiger charge is 2.11. The molecule has 0 fully saturated rings. The van der Waals surface area contributed by atoms with Crippen LogP contribution in [0.5, 0.6) is 0 Å². The van der Waals surface area contributed by atoms with E-state index in [2.05, 4.69) is 10.5 Å². The Hall–Kier alpha value is -2.89. The van der Waals surface area contributed by atoms with Gasteiger partial charge < -0.3 is 4.57 Å². The Bertz CT molecular complexity index is 1030. The predicted molar refractivity (Wildman–Crippen MR) is 108 cm³/mol. The van der Waals surface area contributed by atoms with Gasteiger partial charge in [0.2, 0.25) is 0 Å². The van der Waals surface area contributed by atoms with Gasteiger partial charge in [-0.3, -0.25) is 9.59 Å². The molecule has 0 bridgehead atoms. The van der Waals surface area contributed by atoms with Gasteiger partial charge in [-0.05, 0) is 47.5 Å². The zero-order chi connectivity index (χ0) is 19.2. The molecule has 0 saturated heterocycles. The van der Waals surface area contributed by atoms with Crippen molar-refractivity contribution in [2.75, 3.05) is 0 Å². The van der Waals surface area contributed by atoms with E-state index in [1.807, 2.05) is 12.1 Å². The second-order valence-electron chi connectivity index (χ2n) is 5.73. The van der Waals surface area contributed by atoms with E-state index < -0.39 is 11.5 Å². The zero-order valence-electron chi connectivity index (χ0n) is 14.1. The second-order valence-corrected chi connectivity index (χ2v) is 6.60. The summed E-state index contributed by atoms with van der Waals surface area (Å²) in [6.07, 6.45) is 3.11. The number of amides is 1. The summed E-state index contributed by atoms with van der Waals surface area (Å²) in [7, 11) is 0. The number of rotatable bonds is 5. The van der Waals surface area contributed by atoms with E-state index in [4.69, 9.17) is 23.2 Å². The molecule has 0 saturated carbocycles. The van der Waals surface area contributed by atoms with Crippen LogP contribution in [0.1, 0.15) is 21.5 Å². The highest BCUT2D eigenvalue weighted by Crippen LogP contribution is 2.10. The topological polar surface area (TPSA) is 63.5 Å². The predicted octanol–water partition coefficient (Wildman–Crippen LogP) is 3.97. The van der Waals surface area contributed by atoms with Crippen LogP contribution in [-0.2, 0) is 6.54 Å². The molecule has 1 N–H and O–H groups in total. The quantitative estimate of drug-likeness (QED) is 0.521. The van der Waals surface area contributed by atoms with Crippen molar-refractivity contribution < 1.29 is 4.79 Å². The molecule has 5 nitrogen and oxygen atoms in total. The molecule has 1 aromatic heterocycles. The number of benzene rings is 2. The lowest BCUT2D eigenvalue weighted by Crippen LogP contribution is -2.30. The molecule has 1 amide bonds. The Morgan fingerprint density at radius 2 is 1.63 bits per heavy atom. The lowest BCUT2D eigenvalue weighted by atomic mass is 10.2. The summed E-state index contributed by atoms with van der Waals surface area (Å²) in [5, 5.41) is 5.12. The molecule has 136 valence electrons. The summed E-state index contributed by atoms with van der Waals surface area (Å²) in [5.74, 6) is -0.573. The van der Waals surface area contributed by atoms with Crippen molar-refractivity contribution >= 4 is 35.3 Å². The van der Waals surface area contributed by atoms with E-state index in [0.717, 1.165) is 11.1 Å². The number of nitrogens with zero attached hydrogens (tertiary/aromatic N) is 2. The van der Waals surface area contributed by atoms with E-state index >= 15 is 0 Å².